The Morgan fingerprint density at radius 1 is 0.833 bits per heavy atom. The van der Waals surface area contributed by atoms with E-state index in [0.29, 0.717) is 19.4 Å². The minimum atomic E-state index is -0.0722. The fourth-order valence-electron chi connectivity index (χ4n) is 3.55. The highest BCUT2D eigenvalue weighted by molar-refractivity contribution is 8.77. The molecule has 0 aliphatic carbocycles. The van der Waals surface area contributed by atoms with E-state index in [2.05, 4.69) is 0 Å². The molecule has 2 aliphatic heterocycles. The van der Waals surface area contributed by atoms with E-state index < -0.39 is 0 Å². The van der Waals surface area contributed by atoms with Crippen molar-refractivity contribution in [3.05, 3.63) is 0 Å². The minimum Gasteiger partial charge on any atom is -0.466 e. The van der Waals surface area contributed by atoms with Crippen LogP contribution < -0.4 is 0 Å². The third-order valence-corrected chi connectivity index (χ3v) is 11.4. The maximum absolute atomic E-state index is 11.9. The Hall–Kier alpha value is 0.340. The molecule has 0 spiro atoms. The molecule has 2 aliphatic rings. The molecule has 0 bridgehead atoms. The normalized spacial score (nSPS) is 22.2. The lowest BCUT2D eigenvalue weighted by atomic mass is 10.1. The number of ether oxygens (including phenoxy) is 2. The first-order valence-corrected chi connectivity index (χ1v) is 16.3. The molecule has 2 heterocycles. The second-order valence-electron chi connectivity index (χ2n) is 8.17. The Labute approximate surface area is 198 Å². The molecule has 8 heteroatoms. The summed E-state index contributed by atoms with van der Waals surface area (Å²) in [6.07, 6.45) is 12.8. The average molecular weight is 495 g/mol. The van der Waals surface area contributed by atoms with Crippen molar-refractivity contribution in [1.29, 1.82) is 0 Å². The Balaban J connectivity index is 1.34. The number of hydrogen-bond donors (Lipinski definition) is 0. The summed E-state index contributed by atoms with van der Waals surface area (Å²) in [4.78, 5) is 23.7. The summed E-state index contributed by atoms with van der Waals surface area (Å²) in [6, 6.07) is 0. The van der Waals surface area contributed by atoms with E-state index in [9.17, 15) is 9.59 Å². The SMILES string of the molecule is CC(CCCCOC(=O)CCCCC1CCSS1)OC(=O)CCCCC1CCSS1. The molecular formula is C22H38O4S4. The highest BCUT2D eigenvalue weighted by Crippen LogP contribution is 2.40. The molecule has 0 N–H and O–H groups in total. The topological polar surface area (TPSA) is 52.6 Å². The Morgan fingerprint density at radius 3 is 2.00 bits per heavy atom. The summed E-state index contributed by atoms with van der Waals surface area (Å²) in [5.74, 6) is 2.40. The Kier molecular flexibility index (Phi) is 15.0. The van der Waals surface area contributed by atoms with Crippen molar-refractivity contribution in [1.82, 2.24) is 0 Å². The molecule has 2 saturated heterocycles. The molecule has 3 unspecified atom stereocenters. The molecule has 174 valence electrons. The number of carbonyl (C=O) groups is 2. The van der Waals surface area contributed by atoms with E-state index in [0.717, 1.165) is 55.4 Å². The number of rotatable bonds is 16. The summed E-state index contributed by atoms with van der Waals surface area (Å²) < 4.78 is 10.8. The van der Waals surface area contributed by atoms with Crippen molar-refractivity contribution < 1.29 is 19.1 Å². The van der Waals surface area contributed by atoms with Crippen LogP contribution in [0, 0.1) is 0 Å². The van der Waals surface area contributed by atoms with Crippen LogP contribution in [0.2, 0.25) is 0 Å². The van der Waals surface area contributed by atoms with E-state index in [1.165, 1.54) is 37.2 Å². The molecule has 2 fully saturated rings. The zero-order valence-electron chi connectivity index (χ0n) is 18.3. The number of unbranched alkanes of at least 4 members (excludes halogenated alkanes) is 3. The summed E-state index contributed by atoms with van der Waals surface area (Å²) in [5.41, 5.74) is 0. The zero-order chi connectivity index (χ0) is 21.4. The molecule has 0 amide bonds. The number of hydrogen-bond acceptors (Lipinski definition) is 8. The van der Waals surface area contributed by atoms with Gasteiger partial charge in [0.1, 0.15) is 0 Å². The van der Waals surface area contributed by atoms with E-state index in [-0.39, 0.29) is 18.0 Å². The zero-order valence-corrected chi connectivity index (χ0v) is 21.6. The smallest absolute Gasteiger partial charge is 0.306 e. The van der Waals surface area contributed by atoms with Gasteiger partial charge in [0.2, 0.25) is 0 Å². The van der Waals surface area contributed by atoms with Crippen molar-refractivity contribution in [3.8, 4) is 0 Å². The summed E-state index contributed by atoms with van der Waals surface area (Å²) in [7, 11) is 7.95. The van der Waals surface area contributed by atoms with Gasteiger partial charge in [-0.1, -0.05) is 56.0 Å². The molecule has 2 rings (SSSR count). The highest BCUT2D eigenvalue weighted by atomic mass is 33.1. The summed E-state index contributed by atoms with van der Waals surface area (Å²) in [6.45, 7) is 2.43. The first-order valence-electron chi connectivity index (χ1n) is 11.5. The summed E-state index contributed by atoms with van der Waals surface area (Å²) >= 11 is 0. The van der Waals surface area contributed by atoms with Gasteiger partial charge in [-0.2, -0.15) is 0 Å². The predicted molar refractivity (Wildman–Crippen MR) is 134 cm³/mol. The number of carbonyl (C=O) groups excluding carboxylic acids is 2. The van der Waals surface area contributed by atoms with Gasteiger partial charge in [0.25, 0.3) is 0 Å². The van der Waals surface area contributed by atoms with Gasteiger partial charge < -0.3 is 9.47 Å². The van der Waals surface area contributed by atoms with Crippen molar-refractivity contribution in [2.75, 3.05) is 18.1 Å². The first-order chi connectivity index (χ1) is 14.6. The van der Waals surface area contributed by atoms with E-state index in [1.54, 1.807) is 0 Å². The van der Waals surface area contributed by atoms with Crippen LogP contribution in [0.3, 0.4) is 0 Å². The van der Waals surface area contributed by atoms with Crippen LogP contribution in [0.25, 0.3) is 0 Å². The number of esters is 2. The van der Waals surface area contributed by atoms with Gasteiger partial charge in [-0.15, -0.1) is 0 Å². The van der Waals surface area contributed by atoms with Gasteiger partial charge in [0.15, 0.2) is 0 Å². The van der Waals surface area contributed by atoms with Crippen LogP contribution in [0.1, 0.15) is 90.4 Å². The van der Waals surface area contributed by atoms with Crippen LogP contribution in [0.5, 0.6) is 0 Å². The van der Waals surface area contributed by atoms with Crippen LogP contribution >= 0.6 is 43.2 Å². The molecule has 0 saturated carbocycles. The second-order valence-corrected chi connectivity index (χ2v) is 13.7. The molecule has 4 nitrogen and oxygen atoms in total. The largest absolute Gasteiger partial charge is 0.466 e. The van der Waals surface area contributed by atoms with Gasteiger partial charge in [0.05, 0.1) is 12.7 Å². The monoisotopic (exact) mass is 494 g/mol. The van der Waals surface area contributed by atoms with Crippen LogP contribution in [0.15, 0.2) is 0 Å². The molecule has 0 aromatic rings. The van der Waals surface area contributed by atoms with E-state index in [4.69, 9.17) is 9.47 Å². The molecular weight excluding hydrogens is 457 g/mol. The minimum absolute atomic E-state index is 0.0541. The van der Waals surface area contributed by atoms with Gasteiger partial charge in [-0.3, -0.25) is 9.59 Å². The Morgan fingerprint density at radius 2 is 1.43 bits per heavy atom. The third kappa shape index (κ3) is 13.0. The van der Waals surface area contributed by atoms with E-state index >= 15 is 0 Å². The molecule has 30 heavy (non-hydrogen) atoms. The fraction of sp³-hybridized carbons (Fsp3) is 0.909. The molecule has 3 atom stereocenters. The van der Waals surface area contributed by atoms with Crippen molar-refractivity contribution >= 4 is 55.1 Å². The van der Waals surface area contributed by atoms with Crippen LogP contribution in [0.4, 0.5) is 0 Å². The van der Waals surface area contributed by atoms with Crippen molar-refractivity contribution in [3.63, 3.8) is 0 Å². The molecule has 0 aromatic heterocycles. The Bertz CT molecular complexity index is 480. The van der Waals surface area contributed by atoms with E-state index in [1.807, 2.05) is 50.1 Å². The fourth-order valence-corrected chi connectivity index (χ4v) is 9.60. The van der Waals surface area contributed by atoms with Crippen molar-refractivity contribution in [2.24, 2.45) is 0 Å². The highest BCUT2D eigenvalue weighted by Gasteiger charge is 2.17. The lowest BCUT2D eigenvalue weighted by molar-refractivity contribution is -0.148. The quantitative estimate of drug-likeness (QED) is 0.128. The van der Waals surface area contributed by atoms with Crippen molar-refractivity contribution in [2.45, 2.75) is 107 Å². The van der Waals surface area contributed by atoms with Crippen LogP contribution in [-0.4, -0.2) is 46.7 Å². The molecule has 0 radical (unpaired) electrons. The van der Waals surface area contributed by atoms with Gasteiger partial charge >= 0.3 is 11.9 Å². The summed E-state index contributed by atoms with van der Waals surface area (Å²) in [5, 5.41) is 1.58. The maximum atomic E-state index is 11.9. The van der Waals surface area contributed by atoms with Crippen LogP contribution in [-0.2, 0) is 19.1 Å². The standard InChI is InChI=1S/C22H38O4S4/c1-18(26-22(24)12-5-3-10-20-14-17-28-30-20)8-6-7-15-25-21(23)11-4-2-9-19-13-16-27-29-19/h18-20H,2-17H2,1H3. The van der Waals surface area contributed by atoms with Gasteiger partial charge in [-0.05, 0) is 64.7 Å². The van der Waals surface area contributed by atoms with Gasteiger partial charge in [0, 0.05) is 34.8 Å². The predicted octanol–water partition coefficient (Wildman–Crippen LogP) is 7.06. The second kappa shape index (κ2) is 16.9. The molecule has 0 aromatic carbocycles. The maximum Gasteiger partial charge on any atom is 0.306 e. The lowest BCUT2D eigenvalue weighted by Crippen LogP contribution is -2.15. The first kappa shape index (κ1) is 26.6. The van der Waals surface area contributed by atoms with Gasteiger partial charge in [-0.25, -0.2) is 0 Å². The average Bonchev–Trinajstić information content (AvgIpc) is 3.42. The third-order valence-electron chi connectivity index (χ3n) is 5.37. The lowest BCUT2D eigenvalue weighted by Gasteiger charge is -2.13.